The van der Waals surface area contributed by atoms with Crippen molar-refractivity contribution >= 4 is 17.4 Å². The minimum Gasteiger partial charge on any atom is -0.383 e. The Labute approximate surface area is 106 Å². The van der Waals surface area contributed by atoms with Gasteiger partial charge < -0.3 is 21.1 Å². The molecule has 17 heavy (non-hydrogen) atoms. The third-order valence-corrected chi connectivity index (χ3v) is 3.18. The van der Waals surface area contributed by atoms with Gasteiger partial charge >= 0.3 is 0 Å². The van der Waals surface area contributed by atoms with Crippen LogP contribution in [-0.4, -0.2) is 42.7 Å². The van der Waals surface area contributed by atoms with E-state index in [-0.39, 0.29) is 12.1 Å². The maximum Gasteiger partial charge on any atom is 0.128 e. The first kappa shape index (κ1) is 12.6. The van der Waals surface area contributed by atoms with E-state index in [9.17, 15) is 0 Å². The number of morpholine rings is 1. The zero-order chi connectivity index (χ0) is 12.4. The van der Waals surface area contributed by atoms with Gasteiger partial charge in [-0.05, 0) is 13.1 Å². The molecule has 1 aliphatic heterocycles. The Morgan fingerprint density at radius 1 is 1.65 bits per heavy atom. The normalized spacial score (nSPS) is 23.6. The highest BCUT2D eigenvalue weighted by molar-refractivity contribution is 6.30. The molecular weight excluding hydrogens is 240 g/mol. The Hall–Kier alpha value is -0.880. The highest BCUT2D eigenvalue weighted by Crippen LogP contribution is 2.25. The zero-order valence-corrected chi connectivity index (χ0v) is 10.5. The van der Waals surface area contributed by atoms with Crippen LogP contribution in [0.15, 0.2) is 12.3 Å². The van der Waals surface area contributed by atoms with Crippen LogP contribution in [0.3, 0.4) is 0 Å². The molecule has 1 aromatic rings. The molecule has 0 spiro atoms. The number of rotatable bonds is 2. The molecular formula is C11H17ClN4O. The first-order valence-corrected chi connectivity index (χ1v) is 5.92. The number of anilines is 1. The van der Waals surface area contributed by atoms with Crippen LogP contribution in [0.2, 0.25) is 5.02 Å². The van der Waals surface area contributed by atoms with Crippen molar-refractivity contribution in [3.63, 3.8) is 0 Å². The number of ether oxygens (including phenoxy) is 1. The van der Waals surface area contributed by atoms with Crippen molar-refractivity contribution in [3.8, 4) is 0 Å². The van der Waals surface area contributed by atoms with Gasteiger partial charge in [-0.2, -0.15) is 0 Å². The number of nitrogen functional groups attached to an aromatic ring is 1. The predicted molar refractivity (Wildman–Crippen MR) is 67.8 cm³/mol. The molecule has 2 atom stereocenters. The Morgan fingerprint density at radius 2 is 2.41 bits per heavy atom. The molecule has 1 aromatic heterocycles. The lowest BCUT2D eigenvalue weighted by Gasteiger charge is -2.33. The van der Waals surface area contributed by atoms with E-state index in [0.29, 0.717) is 17.4 Å². The van der Waals surface area contributed by atoms with Gasteiger partial charge in [0.05, 0.1) is 23.8 Å². The van der Waals surface area contributed by atoms with Gasteiger partial charge in [0.25, 0.3) is 0 Å². The molecule has 4 N–H and O–H groups in total. The van der Waals surface area contributed by atoms with Gasteiger partial charge in [0.1, 0.15) is 5.82 Å². The lowest BCUT2D eigenvalue weighted by Crippen LogP contribution is -2.45. The van der Waals surface area contributed by atoms with E-state index in [2.05, 4.69) is 9.88 Å². The maximum absolute atomic E-state index is 6.17. The number of pyridine rings is 1. The van der Waals surface area contributed by atoms with E-state index in [1.807, 2.05) is 7.05 Å². The van der Waals surface area contributed by atoms with E-state index in [1.54, 1.807) is 6.07 Å². The predicted octanol–water partition coefficient (Wildman–Crippen LogP) is 0.648. The largest absolute Gasteiger partial charge is 0.383 e. The Kier molecular flexibility index (Phi) is 3.83. The van der Waals surface area contributed by atoms with Gasteiger partial charge in [-0.3, -0.25) is 0 Å². The molecule has 0 saturated carbocycles. The van der Waals surface area contributed by atoms with Crippen LogP contribution in [0.25, 0.3) is 0 Å². The minimum atomic E-state index is -0.302. The molecule has 5 nitrogen and oxygen atoms in total. The summed E-state index contributed by atoms with van der Waals surface area (Å²) in [7, 11) is 2.04. The number of aromatic nitrogens is 1. The maximum atomic E-state index is 6.17. The molecule has 0 aromatic carbocycles. The van der Waals surface area contributed by atoms with Crippen LogP contribution >= 0.6 is 11.6 Å². The van der Waals surface area contributed by atoms with Gasteiger partial charge in [0.15, 0.2) is 0 Å². The second-order valence-corrected chi connectivity index (χ2v) is 4.76. The van der Waals surface area contributed by atoms with E-state index in [1.165, 1.54) is 6.20 Å². The van der Waals surface area contributed by atoms with Crippen LogP contribution in [-0.2, 0) is 4.74 Å². The average molecular weight is 257 g/mol. The molecule has 0 radical (unpaired) electrons. The minimum absolute atomic E-state index is 0.0729. The number of nitrogens with two attached hydrogens (primary N) is 2. The van der Waals surface area contributed by atoms with Crippen molar-refractivity contribution in [3.05, 3.63) is 22.8 Å². The number of hydrogen-bond donors (Lipinski definition) is 2. The zero-order valence-electron chi connectivity index (χ0n) is 9.77. The summed E-state index contributed by atoms with van der Waals surface area (Å²) in [4.78, 5) is 6.19. The number of hydrogen-bond acceptors (Lipinski definition) is 5. The van der Waals surface area contributed by atoms with Crippen LogP contribution in [0.5, 0.6) is 0 Å². The Balaban J connectivity index is 2.18. The van der Waals surface area contributed by atoms with Crippen LogP contribution < -0.4 is 11.5 Å². The number of nitrogens with zero attached hydrogens (tertiary/aromatic N) is 2. The van der Waals surface area contributed by atoms with Gasteiger partial charge in [-0.15, -0.1) is 0 Å². The number of halogens is 1. The topological polar surface area (TPSA) is 77.4 Å². The third-order valence-electron chi connectivity index (χ3n) is 2.97. The third kappa shape index (κ3) is 2.87. The van der Waals surface area contributed by atoms with Crippen LogP contribution in [0.4, 0.5) is 5.82 Å². The van der Waals surface area contributed by atoms with Crippen molar-refractivity contribution in [2.24, 2.45) is 5.73 Å². The van der Waals surface area contributed by atoms with Gasteiger partial charge in [0.2, 0.25) is 0 Å². The molecule has 2 rings (SSSR count). The number of likely N-dealkylation sites (N-methyl/N-ethyl adjacent to an activating group) is 1. The summed E-state index contributed by atoms with van der Waals surface area (Å²) < 4.78 is 5.67. The van der Waals surface area contributed by atoms with Gasteiger partial charge in [-0.25, -0.2) is 4.98 Å². The molecule has 2 heterocycles. The standard InChI is InChI=1S/C11H17ClN4O/c1-16-2-3-17-9(6-16)10(13)8-4-7(12)5-15-11(8)14/h4-5,9-10H,2-3,6,13H2,1H3,(H2,14,15). The van der Waals surface area contributed by atoms with Crippen molar-refractivity contribution in [2.75, 3.05) is 32.5 Å². The fourth-order valence-electron chi connectivity index (χ4n) is 1.96. The fourth-order valence-corrected chi connectivity index (χ4v) is 2.13. The molecule has 1 saturated heterocycles. The van der Waals surface area contributed by atoms with Crippen molar-refractivity contribution in [1.82, 2.24) is 9.88 Å². The van der Waals surface area contributed by atoms with Crippen molar-refractivity contribution < 1.29 is 4.74 Å². The summed E-state index contributed by atoms with van der Waals surface area (Å²) in [6, 6.07) is 1.45. The summed E-state index contributed by atoms with van der Waals surface area (Å²) >= 11 is 5.90. The van der Waals surface area contributed by atoms with Gasteiger partial charge in [-0.1, -0.05) is 11.6 Å². The second kappa shape index (κ2) is 5.18. The quantitative estimate of drug-likeness (QED) is 0.812. The van der Waals surface area contributed by atoms with Gasteiger partial charge in [0, 0.05) is 24.8 Å². The molecule has 2 unspecified atom stereocenters. The van der Waals surface area contributed by atoms with E-state index in [4.69, 9.17) is 27.8 Å². The smallest absolute Gasteiger partial charge is 0.128 e. The monoisotopic (exact) mass is 256 g/mol. The lowest BCUT2D eigenvalue weighted by molar-refractivity contribution is -0.0325. The molecule has 6 heteroatoms. The second-order valence-electron chi connectivity index (χ2n) is 4.33. The first-order chi connectivity index (χ1) is 8.08. The summed E-state index contributed by atoms with van der Waals surface area (Å²) in [5.74, 6) is 0.415. The fraction of sp³-hybridized carbons (Fsp3) is 0.545. The van der Waals surface area contributed by atoms with Crippen LogP contribution in [0, 0.1) is 0 Å². The summed E-state index contributed by atoms with van der Waals surface area (Å²) in [6.07, 6.45) is 1.44. The van der Waals surface area contributed by atoms with E-state index >= 15 is 0 Å². The highest BCUT2D eigenvalue weighted by Gasteiger charge is 2.26. The summed E-state index contributed by atoms with van der Waals surface area (Å²) in [5.41, 5.74) is 12.7. The Morgan fingerprint density at radius 3 is 3.12 bits per heavy atom. The summed E-state index contributed by atoms with van der Waals surface area (Å²) in [5, 5.41) is 0.536. The van der Waals surface area contributed by atoms with Crippen LogP contribution in [0.1, 0.15) is 11.6 Å². The SMILES string of the molecule is CN1CCOC(C(N)c2cc(Cl)cnc2N)C1. The lowest BCUT2D eigenvalue weighted by atomic mass is 10.0. The molecule has 94 valence electrons. The molecule has 0 aliphatic carbocycles. The molecule has 1 fully saturated rings. The molecule has 1 aliphatic rings. The van der Waals surface area contributed by atoms with E-state index < -0.39 is 0 Å². The van der Waals surface area contributed by atoms with Crippen molar-refractivity contribution in [1.29, 1.82) is 0 Å². The Bertz CT molecular complexity index is 401. The highest BCUT2D eigenvalue weighted by atomic mass is 35.5. The summed E-state index contributed by atoms with van der Waals surface area (Å²) in [6.45, 7) is 2.39. The average Bonchev–Trinajstić information content (AvgIpc) is 2.31. The van der Waals surface area contributed by atoms with Crippen molar-refractivity contribution in [2.45, 2.75) is 12.1 Å². The first-order valence-electron chi connectivity index (χ1n) is 5.54. The molecule has 0 bridgehead atoms. The van der Waals surface area contributed by atoms with E-state index in [0.717, 1.165) is 18.7 Å². The molecule has 0 amide bonds.